The van der Waals surface area contributed by atoms with Gasteiger partial charge in [-0.3, -0.25) is 0 Å². The largest absolute Gasteiger partial charge is 0.436 e. The Hall–Kier alpha value is -2.23. The van der Waals surface area contributed by atoms with Gasteiger partial charge in [-0.2, -0.15) is 0 Å². The van der Waals surface area contributed by atoms with Crippen LogP contribution in [0, 0.1) is 11.6 Å². The highest BCUT2D eigenvalue weighted by molar-refractivity contribution is 5.76. The first-order valence-corrected chi connectivity index (χ1v) is 5.05. The van der Waals surface area contributed by atoms with Gasteiger partial charge in [0, 0.05) is 0 Å². The Balaban J connectivity index is 2.23. The van der Waals surface area contributed by atoms with E-state index in [0.29, 0.717) is 11.1 Å². The van der Waals surface area contributed by atoms with Crippen molar-refractivity contribution in [2.45, 2.75) is 0 Å². The van der Waals surface area contributed by atoms with Gasteiger partial charge in [0.1, 0.15) is 17.2 Å². The fourth-order valence-electron chi connectivity index (χ4n) is 1.65. The maximum Gasteiger partial charge on any atom is 0.230 e. The zero-order valence-electron chi connectivity index (χ0n) is 8.65. The summed E-state index contributed by atoms with van der Waals surface area (Å²) in [6.45, 7) is 0. The highest BCUT2D eigenvalue weighted by Gasteiger charge is 2.13. The molecule has 0 N–H and O–H groups in total. The molecule has 2 aromatic carbocycles. The van der Waals surface area contributed by atoms with Gasteiger partial charge in [0.15, 0.2) is 5.58 Å². The molecule has 4 heteroatoms. The van der Waals surface area contributed by atoms with Crippen LogP contribution in [0.3, 0.4) is 0 Å². The third-order valence-corrected chi connectivity index (χ3v) is 2.45. The number of para-hydroxylation sites is 2. The summed E-state index contributed by atoms with van der Waals surface area (Å²) < 4.78 is 31.9. The number of hydrogen-bond acceptors (Lipinski definition) is 2. The summed E-state index contributed by atoms with van der Waals surface area (Å²) in [5.41, 5.74) is 1.19. The predicted molar refractivity (Wildman–Crippen MR) is 59.4 cm³/mol. The molecule has 1 aromatic heterocycles. The lowest BCUT2D eigenvalue weighted by Crippen LogP contribution is -1.85. The molecule has 17 heavy (non-hydrogen) atoms. The lowest BCUT2D eigenvalue weighted by Gasteiger charge is -1.97. The van der Waals surface area contributed by atoms with E-state index in [1.54, 1.807) is 24.3 Å². The Morgan fingerprint density at radius 3 is 2.65 bits per heavy atom. The Labute approximate surface area is 95.5 Å². The van der Waals surface area contributed by atoms with Crippen molar-refractivity contribution in [1.82, 2.24) is 4.98 Å². The van der Waals surface area contributed by atoms with Gasteiger partial charge < -0.3 is 4.42 Å². The van der Waals surface area contributed by atoms with E-state index in [2.05, 4.69) is 4.98 Å². The van der Waals surface area contributed by atoms with E-state index in [-0.39, 0.29) is 11.5 Å². The normalized spacial score (nSPS) is 10.9. The summed E-state index contributed by atoms with van der Waals surface area (Å²) >= 11 is 0. The van der Waals surface area contributed by atoms with Crippen molar-refractivity contribution < 1.29 is 13.2 Å². The fraction of sp³-hybridized carbons (Fsp3) is 0. The van der Waals surface area contributed by atoms with E-state index in [4.69, 9.17) is 4.42 Å². The van der Waals surface area contributed by atoms with Gasteiger partial charge in [-0.05, 0) is 30.3 Å². The lowest BCUT2D eigenvalue weighted by atomic mass is 10.2. The molecule has 0 spiro atoms. The predicted octanol–water partition coefficient (Wildman–Crippen LogP) is 3.77. The minimum atomic E-state index is -0.557. The van der Waals surface area contributed by atoms with Gasteiger partial charge >= 0.3 is 0 Å². The summed E-state index contributed by atoms with van der Waals surface area (Å²) in [7, 11) is 0. The number of aromatic nitrogens is 1. The molecule has 0 aliphatic carbocycles. The summed E-state index contributed by atoms with van der Waals surface area (Å²) in [5, 5.41) is 0. The number of oxazole rings is 1. The van der Waals surface area contributed by atoms with Gasteiger partial charge in [-0.1, -0.05) is 12.1 Å². The first-order valence-electron chi connectivity index (χ1n) is 5.05. The summed E-state index contributed by atoms with van der Waals surface area (Å²) in [4.78, 5) is 4.11. The Morgan fingerprint density at radius 1 is 1.00 bits per heavy atom. The number of halogens is 2. The van der Waals surface area contributed by atoms with Gasteiger partial charge in [0.05, 0.1) is 5.56 Å². The van der Waals surface area contributed by atoms with Crippen LogP contribution in [0.25, 0.3) is 22.6 Å². The molecule has 0 saturated carbocycles. The van der Waals surface area contributed by atoms with E-state index in [1.807, 2.05) is 0 Å². The third-order valence-electron chi connectivity index (χ3n) is 2.45. The molecule has 0 aliphatic heterocycles. The van der Waals surface area contributed by atoms with Gasteiger partial charge in [0.2, 0.25) is 5.89 Å². The average Bonchev–Trinajstić information content (AvgIpc) is 2.75. The molecule has 0 radical (unpaired) electrons. The minimum Gasteiger partial charge on any atom is -0.436 e. The highest BCUT2D eigenvalue weighted by Crippen LogP contribution is 2.26. The smallest absolute Gasteiger partial charge is 0.230 e. The second-order valence-corrected chi connectivity index (χ2v) is 3.61. The zero-order chi connectivity index (χ0) is 11.8. The molecule has 84 valence electrons. The molecule has 2 nitrogen and oxygen atoms in total. The first-order chi connectivity index (χ1) is 8.24. The lowest BCUT2D eigenvalue weighted by molar-refractivity contribution is 0.580. The molecule has 0 aliphatic rings. The molecular weight excluding hydrogens is 224 g/mol. The summed E-state index contributed by atoms with van der Waals surface area (Å²) in [5.74, 6) is -0.996. The zero-order valence-corrected chi connectivity index (χ0v) is 8.65. The van der Waals surface area contributed by atoms with E-state index >= 15 is 0 Å². The van der Waals surface area contributed by atoms with Gasteiger partial charge in [-0.15, -0.1) is 0 Å². The van der Waals surface area contributed by atoms with Crippen molar-refractivity contribution in [3.05, 3.63) is 54.1 Å². The summed E-state index contributed by atoms with van der Waals surface area (Å²) in [6, 6.07) is 10.2. The molecule has 1 heterocycles. The second-order valence-electron chi connectivity index (χ2n) is 3.61. The average molecular weight is 231 g/mol. The maximum atomic E-state index is 13.5. The van der Waals surface area contributed by atoms with Crippen LogP contribution in [0.15, 0.2) is 46.9 Å². The Morgan fingerprint density at radius 2 is 1.82 bits per heavy atom. The number of hydrogen-bond donors (Lipinski definition) is 0. The summed E-state index contributed by atoms with van der Waals surface area (Å²) in [6.07, 6.45) is 0. The van der Waals surface area contributed by atoms with Crippen LogP contribution >= 0.6 is 0 Å². The monoisotopic (exact) mass is 231 g/mol. The van der Waals surface area contributed by atoms with Crippen LogP contribution in [0.2, 0.25) is 0 Å². The van der Waals surface area contributed by atoms with Gasteiger partial charge in [-0.25, -0.2) is 13.8 Å². The molecule has 0 amide bonds. The Kier molecular flexibility index (Phi) is 2.14. The molecule has 0 fully saturated rings. The quantitative estimate of drug-likeness (QED) is 0.637. The van der Waals surface area contributed by atoms with Crippen LogP contribution in [-0.4, -0.2) is 4.98 Å². The number of nitrogens with zero attached hydrogens (tertiary/aromatic N) is 1. The minimum absolute atomic E-state index is 0.0289. The van der Waals surface area contributed by atoms with Crippen molar-refractivity contribution in [3.63, 3.8) is 0 Å². The topological polar surface area (TPSA) is 26.0 Å². The van der Waals surface area contributed by atoms with Crippen molar-refractivity contribution in [3.8, 4) is 11.5 Å². The van der Waals surface area contributed by atoms with Crippen LogP contribution in [0.5, 0.6) is 0 Å². The standard InChI is InChI=1S/C13H7F2NO/c14-8-5-6-10(15)9(7-8)13-16-11-3-1-2-4-12(11)17-13/h1-7H. The maximum absolute atomic E-state index is 13.5. The van der Waals surface area contributed by atoms with E-state index in [9.17, 15) is 8.78 Å². The van der Waals surface area contributed by atoms with Crippen molar-refractivity contribution in [2.24, 2.45) is 0 Å². The van der Waals surface area contributed by atoms with Crippen LogP contribution in [-0.2, 0) is 0 Å². The molecule has 0 bridgehead atoms. The van der Waals surface area contributed by atoms with Gasteiger partial charge in [0.25, 0.3) is 0 Å². The second kappa shape index (κ2) is 3.66. The third kappa shape index (κ3) is 1.67. The van der Waals surface area contributed by atoms with E-state index in [1.165, 1.54) is 0 Å². The number of fused-ring (bicyclic) bond motifs is 1. The van der Waals surface area contributed by atoms with Crippen LogP contribution in [0.4, 0.5) is 8.78 Å². The molecule has 0 atom stereocenters. The van der Waals surface area contributed by atoms with E-state index < -0.39 is 11.6 Å². The Bertz CT molecular complexity index is 658. The molecule has 0 saturated heterocycles. The van der Waals surface area contributed by atoms with Crippen molar-refractivity contribution in [2.75, 3.05) is 0 Å². The van der Waals surface area contributed by atoms with Crippen molar-refractivity contribution >= 4 is 11.1 Å². The number of rotatable bonds is 1. The molecular formula is C13H7F2NO. The van der Waals surface area contributed by atoms with Crippen molar-refractivity contribution in [1.29, 1.82) is 0 Å². The van der Waals surface area contributed by atoms with Crippen LogP contribution < -0.4 is 0 Å². The highest BCUT2D eigenvalue weighted by atomic mass is 19.1. The number of benzene rings is 2. The first kappa shape index (κ1) is 9.96. The SMILES string of the molecule is Fc1ccc(F)c(-c2nc3ccccc3o2)c1. The van der Waals surface area contributed by atoms with E-state index in [0.717, 1.165) is 18.2 Å². The fourth-order valence-corrected chi connectivity index (χ4v) is 1.65. The molecule has 3 aromatic rings. The molecule has 3 rings (SSSR count). The van der Waals surface area contributed by atoms with Crippen LogP contribution in [0.1, 0.15) is 0 Å². The molecule has 0 unspecified atom stereocenters.